The van der Waals surface area contributed by atoms with E-state index in [4.69, 9.17) is 0 Å². The zero-order chi connectivity index (χ0) is 18.8. The van der Waals surface area contributed by atoms with Gasteiger partial charge in [-0.15, -0.1) is 20.4 Å². The summed E-state index contributed by atoms with van der Waals surface area (Å²) in [5.74, 6) is 2.15. The third kappa shape index (κ3) is 3.73. The standard InChI is InChI=1S/C18H21N7OS/c1-13-20-21-16-10-24(17(26)11-27-18-22-19-12-23(18)2)9-15(25(13)16)8-14-6-4-3-5-7-14/h3-7,12,15H,8-11H2,1-2H3/t15-/m1/s1. The van der Waals surface area contributed by atoms with Crippen LogP contribution in [0.2, 0.25) is 0 Å². The number of aromatic nitrogens is 6. The minimum atomic E-state index is 0.0768. The first-order valence-electron chi connectivity index (χ1n) is 8.80. The lowest BCUT2D eigenvalue weighted by atomic mass is 10.0. The molecule has 0 unspecified atom stereocenters. The lowest BCUT2D eigenvalue weighted by Crippen LogP contribution is -2.43. The number of aryl methyl sites for hydroxylation is 2. The smallest absolute Gasteiger partial charge is 0.233 e. The van der Waals surface area contributed by atoms with E-state index >= 15 is 0 Å². The summed E-state index contributed by atoms with van der Waals surface area (Å²) in [6, 6.07) is 10.5. The number of carbonyl (C=O) groups is 1. The minimum Gasteiger partial charge on any atom is -0.332 e. The van der Waals surface area contributed by atoms with Crippen LogP contribution in [0.25, 0.3) is 0 Å². The van der Waals surface area contributed by atoms with Gasteiger partial charge in [-0.1, -0.05) is 42.1 Å². The van der Waals surface area contributed by atoms with E-state index in [1.54, 1.807) is 6.33 Å². The molecule has 0 bridgehead atoms. The summed E-state index contributed by atoms with van der Waals surface area (Å²) in [6.07, 6.45) is 2.47. The summed E-state index contributed by atoms with van der Waals surface area (Å²) in [4.78, 5) is 14.7. The van der Waals surface area contributed by atoms with Crippen LogP contribution < -0.4 is 0 Å². The Labute approximate surface area is 161 Å². The summed E-state index contributed by atoms with van der Waals surface area (Å²) in [6.45, 7) is 3.11. The van der Waals surface area contributed by atoms with Crippen molar-refractivity contribution >= 4 is 17.7 Å². The predicted octanol–water partition coefficient (Wildman–Crippen LogP) is 1.63. The fourth-order valence-electron chi connectivity index (χ4n) is 3.42. The molecular formula is C18H21N7OS. The van der Waals surface area contributed by atoms with Crippen LogP contribution in [0.15, 0.2) is 41.8 Å². The molecule has 0 N–H and O–H groups in total. The number of carbonyl (C=O) groups excluding carboxylic acids is 1. The molecular weight excluding hydrogens is 362 g/mol. The Morgan fingerprint density at radius 2 is 2.04 bits per heavy atom. The van der Waals surface area contributed by atoms with Crippen LogP contribution in [0, 0.1) is 6.92 Å². The molecule has 0 spiro atoms. The van der Waals surface area contributed by atoms with Crippen molar-refractivity contribution in [3.05, 3.63) is 53.9 Å². The lowest BCUT2D eigenvalue weighted by Gasteiger charge is -2.34. The average molecular weight is 383 g/mol. The van der Waals surface area contributed by atoms with Crippen molar-refractivity contribution in [3.8, 4) is 0 Å². The first-order chi connectivity index (χ1) is 13.1. The van der Waals surface area contributed by atoms with Crippen LogP contribution in [0.5, 0.6) is 0 Å². The Morgan fingerprint density at radius 1 is 1.22 bits per heavy atom. The zero-order valence-electron chi connectivity index (χ0n) is 15.3. The van der Waals surface area contributed by atoms with Gasteiger partial charge in [0.05, 0.1) is 18.3 Å². The number of thioether (sulfide) groups is 1. The molecule has 3 aromatic rings. The summed E-state index contributed by atoms with van der Waals surface area (Å²) >= 11 is 1.40. The molecule has 27 heavy (non-hydrogen) atoms. The molecule has 3 heterocycles. The van der Waals surface area contributed by atoms with E-state index in [-0.39, 0.29) is 11.9 Å². The van der Waals surface area contributed by atoms with E-state index in [9.17, 15) is 4.79 Å². The van der Waals surface area contributed by atoms with E-state index < -0.39 is 0 Å². The van der Waals surface area contributed by atoms with Crippen molar-refractivity contribution in [1.82, 2.24) is 34.4 Å². The van der Waals surface area contributed by atoms with Crippen molar-refractivity contribution in [1.29, 1.82) is 0 Å². The number of benzene rings is 1. The summed E-state index contributed by atoms with van der Waals surface area (Å²) < 4.78 is 3.99. The second kappa shape index (κ2) is 7.51. The summed E-state index contributed by atoms with van der Waals surface area (Å²) in [5.41, 5.74) is 1.24. The fraction of sp³-hybridized carbons (Fsp3) is 0.389. The van der Waals surface area contributed by atoms with E-state index in [0.717, 1.165) is 23.2 Å². The van der Waals surface area contributed by atoms with Crippen LogP contribution >= 0.6 is 11.8 Å². The Bertz CT molecular complexity index is 936. The number of amides is 1. The highest BCUT2D eigenvalue weighted by Crippen LogP contribution is 2.26. The molecule has 1 aliphatic heterocycles. The summed E-state index contributed by atoms with van der Waals surface area (Å²) in [5, 5.41) is 17.1. The molecule has 0 fully saturated rings. The molecule has 1 aliphatic rings. The van der Waals surface area contributed by atoms with Gasteiger partial charge in [-0.05, 0) is 18.9 Å². The SMILES string of the molecule is Cc1nnc2n1[C@H](Cc1ccccc1)CN(C(=O)CSc1nncn1C)C2. The maximum absolute atomic E-state index is 12.8. The van der Waals surface area contributed by atoms with Crippen molar-refractivity contribution < 1.29 is 4.79 Å². The van der Waals surface area contributed by atoms with Crippen molar-refractivity contribution in [2.75, 3.05) is 12.3 Å². The van der Waals surface area contributed by atoms with Crippen molar-refractivity contribution in [2.45, 2.75) is 31.1 Å². The molecule has 1 amide bonds. The number of nitrogens with zero attached hydrogens (tertiary/aromatic N) is 7. The minimum absolute atomic E-state index is 0.0768. The highest BCUT2D eigenvalue weighted by molar-refractivity contribution is 7.99. The van der Waals surface area contributed by atoms with E-state index in [0.29, 0.717) is 18.8 Å². The average Bonchev–Trinajstić information content (AvgIpc) is 3.26. The fourth-order valence-corrected chi connectivity index (χ4v) is 4.21. The number of hydrogen-bond donors (Lipinski definition) is 0. The molecule has 4 rings (SSSR count). The normalized spacial score (nSPS) is 16.4. The van der Waals surface area contributed by atoms with Crippen LogP contribution in [0.3, 0.4) is 0 Å². The first kappa shape index (κ1) is 17.7. The van der Waals surface area contributed by atoms with Gasteiger partial charge < -0.3 is 14.0 Å². The molecule has 140 valence electrons. The van der Waals surface area contributed by atoms with Gasteiger partial charge in [0, 0.05) is 13.6 Å². The molecule has 2 aromatic heterocycles. The van der Waals surface area contributed by atoms with Gasteiger partial charge in [-0.3, -0.25) is 4.79 Å². The van der Waals surface area contributed by atoms with Gasteiger partial charge in [0.25, 0.3) is 0 Å². The molecule has 1 aromatic carbocycles. The second-order valence-corrected chi connectivity index (χ2v) is 7.61. The quantitative estimate of drug-likeness (QED) is 0.623. The van der Waals surface area contributed by atoms with Crippen LogP contribution in [-0.2, 0) is 24.8 Å². The maximum atomic E-state index is 12.8. The molecule has 0 saturated carbocycles. The van der Waals surface area contributed by atoms with Gasteiger partial charge in [0.2, 0.25) is 5.91 Å². The van der Waals surface area contributed by atoms with Crippen molar-refractivity contribution in [2.24, 2.45) is 7.05 Å². The monoisotopic (exact) mass is 383 g/mol. The van der Waals surface area contributed by atoms with Gasteiger partial charge in [0.1, 0.15) is 12.2 Å². The van der Waals surface area contributed by atoms with Crippen molar-refractivity contribution in [3.63, 3.8) is 0 Å². The highest BCUT2D eigenvalue weighted by atomic mass is 32.2. The maximum Gasteiger partial charge on any atom is 0.233 e. The number of rotatable bonds is 5. The Kier molecular flexibility index (Phi) is 4.93. The van der Waals surface area contributed by atoms with Gasteiger partial charge in [-0.2, -0.15) is 0 Å². The Hall–Kier alpha value is -2.68. The molecule has 0 radical (unpaired) electrons. The highest BCUT2D eigenvalue weighted by Gasteiger charge is 2.30. The third-order valence-corrected chi connectivity index (χ3v) is 5.75. The summed E-state index contributed by atoms with van der Waals surface area (Å²) in [7, 11) is 1.87. The molecule has 0 aliphatic carbocycles. The second-order valence-electron chi connectivity index (χ2n) is 6.66. The Balaban J connectivity index is 1.50. The number of fused-ring (bicyclic) bond motifs is 1. The molecule has 9 heteroatoms. The van der Waals surface area contributed by atoms with Crippen LogP contribution in [0.4, 0.5) is 0 Å². The number of hydrogen-bond acceptors (Lipinski definition) is 6. The van der Waals surface area contributed by atoms with Crippen LogP contribution in [-0.4, -0.2) is 52.6 Å². The zero-order valence-corrected chi connectivity index (χ0v) is 16.1. The van der Waals surface area contributed by atoms with Gasteiger partial charge in [0.15, 0.2) is 11.0 Å². The molecule has 0 saturated heterocycles. The molecule has 8 nitrogen and oxygen atoms in total. The first-order valence-corrected chi connectivity index (χ1v) is 9.79. The third-order valence-electron chi connectivity index (χ3n) is 4.73. The van der Waals surface area contributed by atoms with E-state index in [1.807, 2.05) is 41.6 Å². The predicted molar refractivity (Wildman–Crippen MR) is 101 cm³/mol. The Morgan fingerprint density at radius 3 is 2.78 bits per heavy atom. The lowest BCUT2D eigenvalue weighted by molar-refractivity contribution is -0.130. The topological polar surface area (TPSA) is 81.7 Å². The van der Waals surface area contributed by atoms with E-state index in [1.165, 1.54) is 17.3 Å². The van der Waals surface area contributed by atoms with E-state index in [2.05, 4.69) is 37.1 Å². The van der Waals surface area contributed by atoms with Gasteiger partial charge in [-0.25, -0.2) is 0 Å². The van der Waals surface area contributed by atoms with Gasteiger partial charge >= 0.3 is 0 Å². The largest absolute Gasteiger partial charge is 0.332 e. The molecule has 1 atom stereocenters. The van der Waals surface area contributed by atoms with Crippen LogP contribution in [0.1, 0.15) is 23.3 Å².